The van der Waals surface area contributed by atoms with Crippen molar-refractivity contribution in [3.8, 4) is 0 Å². The monoisotopic (exact) mass is 210 g/mol. The summed E-state index contributed by atoms with van der Waals surface area (Å²) in [6.07, 6.45) is 0. The SMILES string of the molecule is C=C(NC(N)=S)c1ccc(P)cc1. The number of nitrogens with one attached hydrogen (secondary N) is 1. The lowest BCUT2D eigenvalue weighted by Crippen LogP contribution is -2.27. The van der Waals surface area contributed by atoms with Gasteiger partial charge in [-0.15, -0.1) is 9.24 Å². The zero-order valence-electron chi connectivity index (χ0n) is 7.08. The van der Waals surface area contributed by atoms with E-state index >= 15 is 0 Å². The second-order valence-corrected chi connectivity index (χ2v) is 3.70. The van der Waals surface area contributed by atoms with Gasteiger partial charge in [-0.1, -0.05) is 30.8 Å². The summed E-state index contributed by atoms with van der Waals surface area (Å²) in [6, 6.07) is 7.87. The van der Waals surface area contributed by atoms with E-state index in [9.17, 15) is 0 Å². The van der Waals surface area contributed by atoms with Crippen molar-refractivity contribution in [3.63, 3.8) is 0 Å². The van der Waals surface area contributed by atoms with Gasteiger partial charge in [0, 0.05) is 5.70 Å². The fourth-order valence-corrected chi connectivity index (χ4v) is 1.22. The van der Waals surface area contributed by atoms with Gasteiger partial charge in [0.1, 0.15) is 0 Å². The van der Waals surface area contributed by atoms with Crippen molar-refractivity contribution < 1.29 is 0 Å². The van der Waals surface area contributed by atoms with Crippen LogP contribution < -0.4 is 16.4 Å². The Bertz CT molecular complexity index is 332. The van der Waals surface area contributed by atoms with Crippen LogP contribution in [0.3, 0.4) is 0 Å². The third-order valence-electron chi connectivity index (χ3n) is 1.53. The molecule has 4 heteroatoms. The normalized spacial score (nSPS) is 9.31. The predicted octanol–water partition coefficient (Wildman–Crippen LogP) is 0.991. The molecule has 0 aromatic heterocycles. The fraction of sp³-hybridized carbons (Fsp3) is 0. The van der Waals surface area contributed by atoms with Crippen molar-refractivity contribution in [1.82, 2.24) is 5.32 Å². The lowest BCUT2D eigenvalue weighted by molar-refractivity contribution is 1.30. The molecular formula is C9H11N2PS. The van der Waals surface area contributed by atoms with E-state index in [4.69, 9.17) is 18.0 Å². The molecule has 0 aliphatic carbocycles. The molecule has 0 heterocycles. The minimum Gasteiger partial charge on any atom is -0.376 e. The zero-order chi connectivity index (χ0) is 9.84. The van der Waals surface area contributed by atoms with Gasteiger partial charge in [-0.2, -0.15) is 0 Å². The van der Waals surface area contributed by atoms with Crippen LogP contribution in [-0.2, 0) is 0 Å². The summed E-state index contributed by atoms with van der Waals surface area (Å²) in [4.78, 5) is 0. The minimum atomic E-state index is 0.236. The van der Waals surface area contributed by atoms with Crippen LogP contribution in [0.1, 0.15) is 5.56 Å². The Morgan fingerprint density at radius 2 is 1.92 bits per heavy atom. The van der Waals surface area contributed by atoms with Crippen LogP contribution in [-0.4, -0.2) is 5.11 Å². The van der Waals surface area contributed by atoms with Gasteiger partial charge in [-0.25, -0.2) is 0 Å². The first-order valence-corrected chi connectivity index (χ1v) is 4.69. The first kappa shape index (κ1) is 10.2. The molecule has 68 valence electrons. The second-order valence-electron chi connectivity index (χ2n) is 2.59. The minimum absolute atomic E-state index is 0.236. The predicted molar refractivity (Wildman–Crippen MR) is 64.7 cm³/mol. The first-order chi connectivity index (χ1) is 6.09. The van der Waals surface area contributed by atoms with Crippen molar-refractivity contribution in [2.75, 3.05) is 0 Å². The van der Waals surface area contributed by atoms with E-state index < -0.39 is 0 Å². The van der Waals surface area contributed by atoms with Crippen LogP contribution in [0.5, 0.6) is 0 Å². The second kappa shape index (κ2) is 4.35. The molecular weight excluding hydrogens is 199 g/mol. The molecule has 0 fully saturated rings. The van der Waals surface area contributed by atoms with Crippen molar-refractivity contribution in [1.29, 1.82) is 0 Å². The third-order valence-corrected chi connectivity index (χ3v) is 2.02. The lowest BCUT2D eigenvalue weighted by atomic mass is 10.2. The molecule has 2 nitrogen and oxygen atoms in total. The maximum atomic E-state index is 5.32. The highest BCUT2D eigenvalue weighted by Crippen LogP contribution is 2.07. The molecule has 1 atom stereocenters. The number of thiocarbonyl (C=S) groups is 1. The van der Waals surface area contributed by atoms with E-state index in [1.807, 2.05) is 24.3 Å². The van der Waals surface area contributed by atoms with Crippen molar-refractivity contribution in [2.45, 2.75) is 0 Å². The van der Waals surface area contributed by atoms with Crippen LogP contribution in [0.15, 0.2) is 30.8 Å². The summed E-state index contributed by atoms with van der Waals surface area (Å²) >= 11 is 4.70. The third kappa shape index (κ3) is 3.13. The average Bonchev–Trinajstić information content (AvgIpc) is 2.04. The molecule has 0 spiro atoms. The van der Waals surface area contributed by atoms with E-state index in [0.717, 1.165) is 16.6 Å². The van der Waals surface area contributed by atoms with E-state index in [0.29, 0.717) is 0 Å². The number of benzene rings is 1. The summed E-state index contributed by atoms with van der Waals surface area (Å²) in [5.74, 6) is 0. The molecule has 0 amide bonds. The van der Waals surface area contributed by atoms with Gasteiger partial charge < -0.3 is 11.1 Å². The standard InChI is InChI=1S/C9H11N2PS/c1-6(11-9(10)13)7-2-4-8(12)5-3-7/h2-5H,1,12H2,(H3,10,11,13). The molecule has 0 aliphatic heterocycles. The maximum absolute atomic E-state index is 5.32. The quantitative estimate of drug-likeness (QED) is 0.564. The van der Waals surface area contributed by atoms with Crippen LogP contribution in [0.25, 0.3) is 5.70 Å². The summed E-state index contributed by atoms with van der Waals surface area (Å²) < 4.78 is 0. The topological polar surface area (TPSA) is 38.0 Å². The molecule has 1 rings (SSSR count). The Morgan fingerprint density at radius 1 is 1.38 bits per heavy atom. The number of nitrogens with two attached hydrogens (primary N) is 1. The molecule has 0 saturated carbocycles. The Balaban J connectivity index is 2.78. The Labute approximate surface area is 85.4 Å². The zero-order valence-corrected chi connectivity index (χ0v) is 9.05. The van der Waals surface area contributed by atoms with E-state index in [1.54, 1.807) is 0 Å². The van der Waals surface area contributed by atoms with Gasteiger partial charge in [0.2, 0.25) is 0 Å². The smallest absolute Gasteiger partial charge is 0.168 e. The Kier molecular flexibility index (Phi) is 3.40. The van der Waals surface area contributed by atoms with Gasteiger partial charge >= 0.3 is 0 Å². The molecule has 3 N–H and O–H groups in total. The Morgan fingerprint density at radius 3 is 2.38 bits per heavy atom. The van der Waals surface area contributed by atoms with Gasteiger partial charge in [0.05, 0.1) is 0 Å². The van der Waals surface area contributed by atoms with Crippen molar-refractivity contribution in [2.24, 2.45) is 5.73 Å². The lowest BCUT2D eigenvalue weighted by Gasteiger charge is -2.07. The average molecular weight is 210 g/mol. The summed E-state index contributed by atoms with van der Waals surface area (Å²) in [6.45, 7) is 3.81. The summed E-state index contributed by atoms with van der Waals surface area (Å²) in [7, 11) is 2.62. The van der Waals surface area contributed by atoms with E-state index in [-0.39, 0.29) is 5.11 Å². The van der Waals surface area contributed by atoms with Crippen LogP contribution >= 0.6 is 21.5 Å². The highest BCUT2D eigenvalue weighted by Gasteiger charge is 1.97. The highest BCUT2D eigenvalue weighted by atomic mass is 32.1. The molecule has 1 aromatic rings. The van der Waals surface area contributed by atoms with Crippen LogP contribution in [0.2, 0.25) is 0 Å². The van der Waals surface area contributed by atoms with E-state index in [1.165, 1.54) is 0 Å². The van der Waals surface area contributed by atoms with Gasteiger partial charge in [-0.3, -0.25) is 0 Å². The molecule has 0 bridgehead atoms. The first-order valence-electron chi connectivity index (χ1n) is 3.71. The van der Waals surface area contributed by atoms with Gasteiger partial charge in [-0.05, 0) is 23.1 Å². The number of rotatable bonds is 2. The van der Waals surface area contributed by atoms with E-state index in [2.05, 4.69) is 21.1 Å². The maximum Gasteiger partial charge on any atom is 0.168 e. The number of hydrogen-bond donors (Lipinski definition) is 2. The van der Waals surface area contributed by atoms with Crippen LogP contribution in [0, 0.1) is 0 Å². The molecule has 0 aliphatic rings. The molecule has 1 unspecified atom stereocenters. The van der Waals surface area contributed by atoms with Gasteiger partial charge in [0.25, 0.3) is 0 Å². The van der Waals surface area contributed by atoms with Crippen LogP contribution in [0.4, 0.5) is 0 Å². The number of hydrogen-bond acceptors (Lipinski definition) is 1. The molecule has 0 saturated heterocycles. The fourth-order valence-electron chi connectivity index (χ4n) is 0.905. The van der Waals surface area contributed by atoms with Gasteiger partial charge in [0.15, 0.2) is 5.11 Å². The van der Waals surface area contributed by atoms with Crippen molar-refractivity contribution >= 4 is 37.6 Å². The molecule has 1 aromatic carbocycles. The van der Waals surface area contributed by atoms with Crippen molar-refractivity contribution in [3.05, 3.63) is 36.4 Å². The highest BCUT2D eigenvalue weighted by molar-refractivity contribution is 7.80. The molecule has 0 radical (unpaired) electrons. The Hall–Kier alpha value is -0.920. The largest absolute Gasteiger partial charge is 0.376 e. The summed E-state index contributed by atoms with van der Waals surface area (Å²) in [5, 5.41) is 4.15. The summed E-state index contributed by atoms with van der Waals surface area (Å²) in [5.41, 5.74) is 7.02. The molecule has 13 heavy (non-hydrogen) atoms.